The topological polar surface area (TPSA) is 79.4 Å². The average Bonchev–Trinajstić information content (AvgIpc) is 3.20. The standard InChI is InChI=1S/C19H29N3O3S2/c1-14-6-5-7-17(15(14)2)21-18(23)13-26-19-9-8-16(12-20-19)27(24,25)22-10-3-4-11-22/h8-9,12,14-15,17H,3-7,10-11,13H2,1-2H3,(H,21,23)/t14-,15-,17+/m1/s1. The molecule has 3 atom stereocenters. The molecule has 1 aromatic rings. The van der Waals surface area contributed by atoms with Gasteiger partial charge in [-0.1, -0.05) is 38.5 Å². The molecule has 8 heteroatoms. The Morgan fingerprint density at radius 1 is 1.22 bits per heavy atom. The SMILES string of the molecule is C[C@@H]1[C@H](C)CCC[C@@H]1NC(=O)CSc1ccc(S(=O)(=O)N2CCCC2)cn1. The molecule has 6 nitrogen and oxygen atoms in total. The lowest BCUT2D eigenvalue weighted by molar-refractivity contribution is -0.120. The molecule has 0 unspecified atom stereocenters. The van der Waals surface area contributed by atoms with Crippen molar-refractivity contribution >= 4 is 27.7 Å². The number of pyridine rings is 1. The summed E-state index contributed by atoms with van der Waals surface area (Å²) in [6, 6.07) is 3.53. The third-order valence-electron chi connectivity index (χ3n) is 5.82. The van der Waals surface area contributed by atoms with E-state index in [-0.39, 0.29) is 16.8 Å². The average molecular weight is 412 g/mol. The van der Waals surface area contributed by atoms with Gasteiger partial charge >= 0.3 is 0 Å². The lowest BCUT2D eigenvalue weighted by atomic mass is 9.78. The number of sulfonamides is 1. The number of aromatic nitrogens is 1. The molecule has 0 radical (unpaired) electrons. The van der Waals surface area contributed by atoms with Gasteiger partial charge in [0.05, 0.1) is 10.8 Å². The molecule has 150 valence electrons. The lowest BCUT2D eigenvalue weighted by Crippen LogP contribution is -2.44. The fourth-order valence-electron chi connectivity index (χ4n) is 3.86. The molecule has 3 rings (SSSR count). The second kappa shape index (κ2) is 8.92. The number of nitrogens with zero attached hydrogens (tertiary/aromatic N) is 2. The number of thioether (sulfide) groups is 1. The van der Waals surface area contributed by atoms with Gasteiger partial charge in [0.15, 0.2) is 0 Å². The normalized spacial score (nSPS) is 26.8. The van der Waals surface area contributed by atoms with Crippen LogP contribution in [-0.4, -0.2) is 48.5 Å². The molecular weight excluding hydrogens is 382 g/mol. The highest BCUT2D eigenvalue weighted by Crippen LogP contribution is 2.29. The number of hydrogen-bond acceptors (Lipinski definition) is 5. The minimum absolute atomic E-state index is 0.0153. The molecule has 1 aromatic heterocycles. The van der Waals surface area contributed by atoms with Crippen molar-refractivity contribution in [3.05, 3.63) is 18.3 Å². The van der Waals surface area contributed by atoms with Gasteiger partial charge in [-0.3, -0.25) is 4.79 Å². The van der Waals surface area contributed by atoms with Gasteiger partial charge in [-0.05, 0) is 43.2 Å². The number of carbonyl (C=O) groups is 1. The van der Waals surface area contributed by atoms with Crippen molar-refractivity contribution in [1.82, 2.24) is 14.6 Å². The van der Waals surface area contributed by atoms with E-state index in [2.05, 4.69) is 24.1 Å². The van der Waals surface area contributed by atoms with Crippen LogP contribution in [0, 0.1) is 11.8 Å². The van der Waals surface area contributed by atoms with Crippen LogP contribution in [0.1, 0.15) is 46.0 Å². The van der Waals surface area contributed by atoms with Gasteiger partial charge < -0.3 is 5.32 Å². The van der Waals surface area contributed by atoms with E-state index in [4.69, 9.17) is 0 Å². The maximum atomic E-state index is 12.5. The minimum atomic E-state index is -3.44. The Morgan fingerprint density at radius 3 is 2.63 bits per heavy atom. The largest absolute Gasteiger partial charge is 0.352 e. The van der Waals surface area contributed by atoms with Crippen molar-refractivity contribution in [2.24, 2.45) is 11.8 Å². The molecule has 1 N–H and O–H groups in total. The van der Waals surface area contributed by atoms with Gasteiger partial charge in [0.25, 0.3) is 0 Å². The van der Waals surface area contributed by atoms with Gasteiger partial charge in [-0.2, -0.15) is 4.31 Å². The number of amides is 1. The Balaban J connectivity index is 1.52. The number of hydrogen-bond donors (Lipinski definition) is 1. The quantitative estimate of drug-likeness (QED) is 0.728. The number of nitrogens with one attached hydrogen (secondary N) is 1. The van der Waals surface area contributed by atoms with Gasteiger partial charge in [0, 0.05) is 25.3 Å². The molecule has 0 spiro atoms. The summed E-state index contributed by atoms with van der Waals surface area (Å²) < 4.78 is 26.5. The zero-order chi connectivity index (χ0) is 19.4. The molecule has 0 aromatic carbocycles. The zero-order valence-electron chi connectivity index (χ0n) is 16.1. The molecule has 1 aliphatic heterocycles. The Bertz CT molecular complexity index is 746. The molecule has 0 bridgehead atoms. The van der Waals surface area contributed by atoms with Crippen LogP contribution in [0.2, 0.25) is 0 Å². The van der Waals surface area contributed by atoms with Crippen molar-refractivity contribution < 1.29 is 13.2 Å². The monoisotopic (exact) mass is 411 g/mol. The Morgan fingerprint density at radius 2 is 1.96 bits per heavy atom. The highest BCUT2D eigenvalue weighted by Gasteiger charge is 2.29. The van der Waals surface area contributed by atoms with Crippen LogP contribution in [0.15, 0.2) is 28.3 Å². The van der Waals surface area contributed by atoms with E-state index in [1.807, 2.05) is 0 Å². The highest BCUT2D eigenvalue weighted by atomic mass is 32.2. The summed E-state index contributed by atoms with van der Waals surface area (Å²) in [6.45, 7) is 5.62. The summed E-state index contributed by atoms with van der Waals surface area (Å²) in [5, 5.41) is 3.81. The first-order chi connectivity index (χ1) is 12.9. The van der Waals surface area contributed by atoms with Crippen LogP contribution >= 0.6 is 11.8 Å². The predicted octanol–water partition coefficient (Wildman–Crippen LogP) is 2.90. The molecule has 1 aliphatic carbocycles. The molecule has 2 heterocycles. The van der Waals surface area contributed by atoms with Crippen LogP contribution in [0.4, 0.5) is 0 Å². The van der Waals surface area contributed by atoms with Crippen molar-refractivity contribution in [3.8, 4) is 0 Å². The van der Waals surface area contributed by atoms with Crippen LogP contribution in [0.25, 0.3) is 0 Å². The van der Waals surface area contributed by atoms with E-state index < -0.39 is 10.0 Å². The smallest absolute Gasteiger partial charge is 0.244 e. The summed E-state index contributed by atoms with van der Waals surface area (Å²) in [4.78, 5) is 16.7. The third kappa shape index (κ3) is 5.03. The van der Waals surface area contributed by atoms with Crippen LogP contribution in [-0.2, 0) is 14.8 Å². The predicted molar refractivity (Wildman–Crippen MR) is 107 cm³/mol. The highest BCUT2D eigenvalue weighted by molar-refractivity contribution is 7.99. The van der Waals surface area contributed by atoms with Gasteiger partial charge in [0.2, 0.25) is 15.9 Å². The Kier molecular flexibility index (Phi) is 6.81. The Hall–Kier alpha value is -1.12. The number of rotatable bonds is 6. The summed E-state index contributed by atoms with van der Waals surface area (Å²) in [6.07, 6.45) is 6.67. The first-order valence-corrected chi connectivity index (χ1v) is 12.2. The minimum Gasteiger partial charge on any atom is -0.352 e. The molecule has 2 aliphatic rings. The zero-order valence-corrected chi connectivity index (χ0v) is 17.7. The summed E-state index contributed by atoms with van der Waals surface area (Å²) in [7, 11) is -3.44. The van der Waals surface area contributed by atoms with E-state index in [0.29, 0.717) is 35.7 Å². The lowest BCUT2D eigenvalue weighted by Gasteiger charge is -2.34. The molecular formula is C19H29N3O3S2. The van der Waals surface area contributed by atoms with Crippen molar-refractivity contribution in [2.75, 3.05) is 18.8 Å². The molecule has 27 heavy (non-hydrogen) atoms. The van der Waals surface area contributed by atoms with Gasteiger partial charge in [-0.15, -0.1) is 0 Å². The summed E-state index contributed by atoms with van der Waals surface area (Å²) >= 11 is 1.34. The third-order valence-corrected chi connectivity index (χ3v) is 8.64. The molecule has 1 saturated carbocycles. The summed E-state index contributed by atoms with van der Waals surface area (Å²) in [5.41, 5.74) is 0. The van der Waals surface area contributed by atoms with Crippen molar-refractivity contribution in [3.63, 3.8) is 0 Å². The van der Waals surface area contributed by atoms with Crippen LogP contribution in [0.5, 0.6) is 0 Å². The maximum absolute atomic E-state index is 12.5. The fraction of sp³-hybridized carbons (Fsp3) is 0.684. The second-order valence-corrected chi connectivity index (χ2v) is 10.6. The van der Waals surface area contributed by atoms with Crippen LogP contribution < -0.4 is 5.32 Å². The number of carbonyl (C=O) groups excluding carboxylic acids is 1. The fourth-order valence-corrected chi connectivity index (χ4v) is 5.97. The van der Waals surface area contributed by atoms with E-state index in [0.717, 1.165) is 25.7 Å². The summed E-state index contributed by atoms with van der Waals surface area (Å²) in [5.74, 6) is 1.45. The first-order valence-electron chi connectivity index (χ1n) is 9.76. The molecule has 1 amide bonds. The van der Waals surface area contributed by atoms with E-state index >= 15 is 0 Å². The molecule has 2 fully saturated rings. The molecule has 1 saturated heterocycles. The van der Waals surface area contributed by atoms with Gasteiger partial charge in [-0.25, -0.2) is 13.4 Å². The Labute approximate surface area is 166 Å². The van der Waals surface area contributed by atoms with E-state index in [9.17, 15) is 13.2 Å². The first kappa shape index (κ1) is 20.6. The maximum Gasteiger partial charge on any atom is 0.244 e. The second-order valence-electron chi connectivity index (χ2n) is 7.67. The van der Waals surface area contributed by atoms with E-state index in [1.54, 1.807) is 12.1 Å². The van der Waals surface area contributed by atoms with Crippen molar-refractivity contribution in [2.45, 2.75) is 61.9 Å². The van der Waals surface area contributed by atoms with Crippen molar-refractivity contribution in [1.29, 1.82) is 0 Å². The van der Waals surface area contributed by atoms with Crippen LogP contribution in [0.3, 0.4) is 0 Å². The van der Waals surface area contributed by atoms with Gasteiger partial charge in [0.1, 0.15) is 4.90 Å². The van der Waals surface area contributed by atoms with E-state index in [1.165, 1.54) is 28.7 Å².